The summed E-state index contributed by atoms with van der Waals surface area (Å²) in [7, 11) is 0. The highest BCUT2D eigenvalue weighted by Gasteiger charge is 2.35. The number of carbonyl (C=O) groups excluding carboxylic acids is 1. The fraction of sp³-hybridized carbons (Fsp3) is 0.444. The lowest BCUT2D eigenvalue weighted by molar-refractivity contribution is 0.180. The van der Waals surface area contributed by atoms with Gasteiger partial charge in [-0.15, -0.1) is 11.3 Å². The Hall–Kier alpha value is -2.53. The van der Waals surface area contributed by atoms with Crippen molar-refractivity contribution in [1.29, 1.82) is 0 Å². The summed E-state index contributed by atoms with van der Waals surface area (Å²) in [4.78, 5) is 17.1. The van der Waals surface area contributed by atoms with E-state index in [0.717, 1.165) is 12.8 Å². The summed E-state index contributed by atoms with van der Waals surface area (Å²) in [5, 5.41) is 4.48. The van der Waals surface area contributed by atoms with Crippen LogP contribution in [-0.4, -0.2) is 22.0 Å². The molecular weight excluding hydrogens is 414 g/mol. The zero-order valence-electron chi connectivity index (χ0n) is 19.4. The molecule has 32 heavy (non-hydrogen) atoms. The van der Waals surface area contributed by atoms with E-state index in [1.54, 1.807) is 0 Å². The van der Waals surface area contributed by atoms with Crippen molar-refractivity contribution in [1.82, 2.24) is 14.8 Å². The number of carbonyl (C=O) groups is 1. The number of nitrogens with zero attached hydrogens (tertiary/aromatic N) is 2. The first-order chi connectivity index (χ1) is 15.6. The Morgan fingerprint density at radius 3 is 2.66 bits per heavy atom. The smallest absolute Gasteiger partial charge is 0.318 e. The van der Waals surface area contributed by atoms with E-state index in [9.17, 15) is 4.79 Å². The van der Waals surface area contributed by atoms with Crippen molar-refractivity contribution in [2.45, 2.75) is 71.4 Å². The number of aryl methyl sites for hydroxylation is 1. The first-order valence-electron chi connectivity index (χ1n) is 12.0. The van der Waals surface area contributed by atoms with Crippen LogP contribution >= 0.6 is 11.3 Å². The summed E-state index contributed by atoms with van der Waals surface area (Å²) in [6, 6.07) is 13.1. The van der Waals surface area contributed by atoms with E-state index >= 15 is 0 Å². The van der Waals surface area contributed by atoms with Crippen molar-refractivity contribution in [2.24, 2.45) is 0 Å². The maximum atomic E-state index is 13.5. The van der Waals surface area contributed by atoms with Crippen LogP contribution in [0.3, 0.4) is 0 Å². The van der Waals surface area contributed by atoms with Gasteiger partial charge in [0.25, 0.3) is 0 Å². The molecule has 3 heterocycles. The normalized spacial score (nSPS) is 17.5. The molecule has 168 valence electrons. The summed E-state index contributed by atoms with van der Waals surface area (Å²) >= 11 is 1.94. The van der Waals surface area contributed by atoms with Gasteiger partial charge in [0.1, 0.15) is 5.00 Å². The molecule has 5 heteroatoms. The molecule has 0 unspecified atom stereocenters. The average molecular weight is 448 g/mol. The van der Waals surface area contributed by atoms with Gasteiger partial charge in [-0.2, -0.15) is 0 Å². The Morgan fingerprint density at radius 2 is 1.91 bits per heavy atom. The largest absolute Gasteiger partial charge is 0.338 e. The minimum absolute atomic E-state index is 0.0288. The molecule has 0 bridgehead atoms. The van der Waals surface area contributed by atoms with Crippen LogP contribution in [0.15, 0.2) is 42.6 Å². The molecule has 0 saturated carbocycles. The Labute approximate surface area is 195 Å². The lowest BCUT2D eigenvalue weighted by Gasteiger charge is -2.31. The Balaban J connectivity index is 1.65. The van der Waals surface area contributed by atoms with Gasteiger partial charge in [0.15, 0.2) is 0 Å². The summed E-state index contributed by atoms with van der Waals surface area (Å²) in [5.41, 5.74) is 6.53. The van der Waals surface area contributed by atoms with Gasteiger partial charge in [-0.25, -0.2) is 4.79 Å². The summed E-state index contributed by atoms with van der Waals surface area (Å²) in [5.74, 6) is 0.490. The van der Waals surface area contributed by atoms with E-state index in [-0.39, 0.29) is 12.1 Å². The fourth-order valence-corrected chi connectivity index (χ4v) is 6.54. The van der Waals surface area contributed by atoms with Crippen LogP contribution in [0.25, 0.3) is 5.00 Å². The zero-order valence-corrected chi connectivity index (χ0v) is 20.2. The monoisotopic (exact) mass is 447 g/mol. The van der Waals surface area contributed by atoms with Crippen LogP contribution in [0.2, 0.25) is 0 Å². The SMILES string of the molecule is CCCNC(=O)N1Cc2c(sc3c2CCCC3)-n2cccc2[C@H]1c1ccc(C(C)C)cc1. The second kappa shape index (κ2) is 8.78. The Morgan fingerprint density at radius 1 is 1.12 bits per heavy atom. The van der Waals surface area contributed by atoms with Gasteiger partial charge in [0, 0.05) is 23.2 Å². The first kappa shape index (κ1) is 21.3. The number of thiophene rings is 1. The van der Waals surface area contributed by atoms with Gasteiger partial charge in [0.2, 0.25) is 0 Å². The van der Waals surface area contributed by atoms with Crippen molar-refractivity contribution in [3.8, 4) is 5.00 Å². The molecular formula is C27H33N3OS. The second-order valence-electron chi connectivity index (χ2n) is 9.38. The lowest BCUT2D eigenvalue weighted by atomic mass is 9.94. The maximum Gasteiger partial charge on any atom is 0.318 e. The second-order valence-corrected chi connectivity index (χ2v) is 10.5. The number of hydrogen-bond donors (Lipinski definition) is 1. The molecule has 0 radical (unpaired) electrons. The zero-order chi connectivity index (χ0) is 22.2. The predicted molar refractivity (Wildman–Crippen MR) is 132 cm³/mol. The molecule has 1 aliphatic heterocycles. The third-order valence-electron chi connectivity index (χ3n) is 6.88. The van der Waals surface area contributed by atoms with Gasteiger partial charge >= 0.3 is 6.03 Å². The van der Waals surface area contributed by atoms with Crippen LogP contribution < -0.4 is 5.32 Å². The Kier molecular flexibility index (Phi) is 5.85. The molecule has 0 saturated heterocycles. The van der Waals surface area contributed by atoms with Crippen LogP contribution in [0.1, 0.15) is 84.8 Å². The van der Waals surface area contributed by atoms with Crippen molar-refractivity contribution in [2.75, 3.05) is 6.54 Å². The van der Waals surface area contributed by atoms with E-state index < -0.39 is 0 Å². The summed E-state index contributed by atoms with van der Waals surface area (Å²) in [6.07, 6.45) is 7.94. The Bertz CT molecular complexity index is 1110. The molecule has 5 rings (SSSR count). The number of fused-ring (bicyclic) bond motifs is 5. The number of hydrogen-bond acceptors (Lipinski definition) is 2. The van der Waals surface area contributed by atoms with E-state index in [0.29, 0.717) is 19.0 Å². The molecule has 2 aromatic heterocycles. The van der Waals surface area contributed by atoms with E-state index in [4.69, 9.17) is 0 Å². The lowest BCUT2D eigenvalue weighted by Crippen LogP contribution is -2.42. The van der Waals surface area contributed by atoms with E-state index in [1.807, 2.05) is 11.3 Å². The molecule has 2 amide bonds. The standard InChI is InChI=1S/C27H33N3OS/c1-4-15-28-27(31)30-17-22-21-8-5-6-10-24(21)32-26(22)29-16-7-9-23(29)25(30)20-13-11-19(12-14-20)18(2)3/h7,9,11-14,16,18,25H,4-6,8,10,15,17H2,1-3H3,(H,28,31)/t25-/m1/s1. The minimum atomic E-state index is -0.109. The quantitative estimate of drug-likeness (QED) is 0.483. The van der Waals surface area contributed by atoms with E-state index in [1.165, 1.54) is 57.1 Å². The van der Waals surface area contributed by atoms with Crippen molar-refractivity contribution in [3.63, 3.8) is 0 Å². The summed E-state index contributed by atoms with van der Waals surface area (Å²) in [6.45, 7) is 7.90. The fourth-order valence-electron chi connectivity index (χ4n) is 5.13. The third-order valence-corrected chi connectivity index (χ3v) is 8.22. The first-order valence-corrected chi connectivity index (χ1v) is 12.9. The van der Waals surface area contributed by atoms with Gasteiger partial charge in [-0.05, 0) is 66.8 Å². The average Bonchev–Trinajstić information content (AvgIpc) is 3.39. The molecule has 0 spiro atoms. The molecule has 0 fully saturated rings. The van der Waals surface area contributed by atoms with Gasteiger partial charge < -0.3 is 14.8 Å². The van der Waals surface area contributed by atoms with Crippen LogP contribution in [0, 0.1) is 0 Å². The molecule has 2 aliphatic rings. The highest BCUT2D eigenvalue weighted by molar-refractivity contribution is 7.15. The predicted octanol–water partition coefficient (Wildman–Crippen LogP) is 6.57. The molecule has 1 N–H and O–H groups in total. The van der Waals surface area contributed by atoms with Gasteiger partial charge in [-0.1, -0.05) is 45.0 Å². The molecule has 4 nitrogen and oxygen atoms in total. The van der Waals surface area contributed by atoms with Crippen molar-refractivity contribution >= 4 is 17.4 Å². The number of amides is 2. The van der Waals surface area contributed by atoms with E-state index in [2.05, 4.69) is 78.2 Å². The number of rotatable bonds is 4. The van der Waals surface area contributed by atoms with Gasteiger partial charge in [0.05, 0.1) is 18.3 Å². The number of aromatic nitrogens is 1. The van der Waals surface area contributed by atoms with Crippen LogP contribution in [0.4, 0.5) is 4.79 Å². The highest BCUT2D eigenvalue weighted by Crippen LogP contribution is 2.44. The molecule has 1 aliphatic carbocycles. The van der Waals surface area contributed by atoms with Crippen molar-refractivity contribution < 1.29 is 4.79 Å². The topological polar surface area (TPSA) is 37.3 Å². The van der Waals surface area contributed by atoms with Crippen LogP contribution in [0.5, 0.6) is 0 Å². The number of nitrogens with one attached hydrogen (secondary N) is 1. The maximum absolute atomic E-state index is 13.5. The number of urea groups is 1. The number of benzene rings is 1. The molecule has 3 aromatic rings. The third kappa shape index (κ3) is 3.66. The van der Waals surface area contributed by atoms with Crippen LogP contribution in [-0.2, 0) is 19.4 Å². The minimum Gasteiger partial charge on any atom is -0.338 e. The highest BCUT2D eigenvalue weighted by atomic mass is 32.1. The van der Waals surface area contributed by atoms with Crippen molar-refractivity contribution in [3.05, 3.63) is 75.4 Å². The summed E-state index contributed by atoms with van der Waals surface area (Å²) < 4.78 is 2.35. The van der Waals surface area contributed by atoms with Gasteiger partial charge in [-0.3, -0.25) is 0 Å². The molecule has 1 atom stereocenters. The molecule has 1 aromatic carbocycles.